The number of hydrogen-bond donors (Lipinski definition) is 0. The maximum absolute atomic E-state index is 2.68. The highest BCUT2D eigenvalue weighted by Gasteiger charge is 2.30. The molecular weight excluding hydrogens is 304 g/mol. The van der Waals surface area contributed by atoms with Crippen molar-refractivity contribution in [3.05, 3.63) is 59.7 Å². The van der Waals surface area contributed by atoms with Crippen molar-refractivity contribution in [2.24, 2.45) is 0 Å². The van der Waals surface area contributed by atoms with E-state index >= 15 is 0 Å². The molecule has 1 heterocycles. The molecule has 1 aliphatic heterocycles. The lowest BCUT2D eigenvalue weighted by molar-refractivity contribution is 0.121. The SMILES string of the molecule is CC.Cc1ccc(-c2ccc(CN3CCN(C4CC4)CC3)cc2)cc1. The van der Waals surface area contributed by atoms with Crippen LogP contribution in [0.4, 0.5) is 0 Å². The summed E-state index contributed by atoms with van der Waals surface area (Å²) < 4.78 is 0. The number of nitrogens with zero attached hydrogens (tertiary/aromatic N) is 2. The van der Waals surface area contributed by atoms with E-state index in [-0.39, 0.29) is 0 Å². The molecule has 1 saturated heterocycles. The Balaban J connectivity index is 0.000000880. The van der Waals surface area contributed by atoms with Crippen LogP contribution in [0, 0.1) is 6.92 Å². The first-order chi connectivity index (χ1) is 12.3. The second-order valence-corrected chi connectivity index (χ2v) is 7.11. The Morgan fingerprint density at radius 1 is 0.760 bits per heavy atom. The lowest BCUT2D eigenvalue weighted by Crippen LogP contribution is -2.46. The van der Waals surface area contributed by atoms with Crippen LogP contribution in [-0.4, -0.2) is 42.0 Å². The molecule has 0 atom stereocenters. The minimum Gasteiger partial charge on any atom is -0.298 e. The van der Waals surface area contributed by atoms with Gasteiger partial charge in [0.05, 0.1) is 0 Å². The quantitative estimate of drug-likeness (QED) is 0.778. The molecule has 0 N–H and O–H groups in total. The van der Waals surface area contributed by atoms with Gasteiger partial charge in [-0.2, -0.15) is 0 Å². The zero-order valence-electron chi connectivity index (χ0n) is 16.0. The lowest BCUT2D eigenvalue weighted by Gasteiger charge is -2.34. The Morgan fingerprint density at radius 2 is 1.28 bits per heavy atom. The van der Waals surface area contributed by atoms with Crippen molar-refractivity contribution >= 4 is 0 Å². The molecule has 0 amide bonds. The normalized spacial score (nSPS) is 18.5. The van der Waals surface area contributed by atoms with Crippen LogP contribution in [0.5, 0.6) is 0 Å². The Labute approximate surface area is 153 Å². The maximum atomic E-state index is 2.68. The monoisotopic (exact) mass is 336 g/mol. The zero-order valence-corrected chi connectivity index (χ0v) is 16.0. The third-order valence-electron chi connectivity index (χ3n) is 5.22. The van der Waals surface area contributed by atoms with Gasteiger partial charge in [-0.25, -0.2) is 0 Å². The van der Waals surface area contributed by atoms with E-state index in [9.17, 15) is 0 Å². The summed E-state index contributed by atoms with van der Waals surface area (Å²) in [5.74, 6) is 0. The minimum absolute atomic E-state index is 0.922. The summed E-state index contributed by atoms with van der Waals surface area (Å²) in [6.45, 7) is 12.2. The fraction of sp³-hybridized carbons (Fsp3) is 0.478. The lowest BCUT2D eigenvalue weighted by atomic mass is 10.0. The summed E-state index contributed by atoms with van der Waals surface area (Å²) in [6, 6.07) is 18.8. The van der Waals surface area contributed by atoms with E-state index in [2.05, 4.69) is 65.3 Å². The third-order valence-corrected chi connectivity index (χ3v) is 5.22. The molecule has 2 aliphatic rings. The van der Waals surface area contributed by atoms with Gasteiger partial charge in [0, 0.05) is 38.8 Å². The fourth-order valence-electron chi connectivity index (χ4n) is 3.53. The number of benzene rings is 2. The van der Waals surface area contributed by atoms with E-state index < -0.39 is 0 Å². The fourth-order valence-corrected chi connectivity index (χ4v) is 3.53. The summed E-state index contributed by atoms with van der Waals surface area (Å²) >= 11 is 0. The Bertz CT molecular complexity index is 633. The molecule has 25 heavy (non-hydrogen) atoms. The highest BCUT2D eigenvalue weighted by atomic mass is 15.3. The molecule has 0 unspecified atom stereocenters. The van der Waals surface area contributed by atoms with Gasteiger partial charge in [0.15, 0.2) is 0 Å². The van der Waals surface area contributed by atoms with Crippen molar-refractivity contribution in [2.45, 2.75) is 46.2 Å². The summed E-state index contributed by atoms with van der Waals surface area (Å²) in [7, 11) is 0. The molecule has 2 heteroatoms. The molecule has 0 bridgehead atoms. The van der Waals surface area contributed by atoms with Crippen molar-refractivity contribution in [1.82, 2.24) is 9.80 Å². The van der Waals surface area contributed by atoms with E-state index in [0.717, 1.165) is 12.6 Å². The first-order valence-electron chi connectivity index (χ1n) is 9.90. The van der Waals surface area contributed by atoms with Gasteiger partial charge in [-0.15, -0.1) is 0 Å². The van der Waals surface area contributed by atoms with Crippen LogP contribution in [0.2, 0.25) is 0 Å². The van der Waals surface area contributed by atoms with Crippen LogP contribution in [0.3, 0.4) is 0 Å². The maximum Gasteiger partial charge on any atom is 0.0234 e. The standard InChI is InChI=1S/C21H26N2.C2H6/c1-17-2-6-19(7-3-17)20-8-4-18(5-9-20)16-22-12-14-23(15-13-22)21-10-11-21;1-2/h2-9,21H,10-16H2,1H3;1-2H3. The average molecular weight is 337 g/mol. The minimum atomic E-state index is 0.922. The molecule has 2 aromatic carbocycles. The molecule has 1 aliphatic carbocycles. The van der Waals surface area contributed by atoms with Gasteiger partial charge >= 0.3 is 0 Å². The first kappa shape index (κ1) is 18.2. The van der Waals surface area contributed by atoms with Gasteiger partial charge in [-0.05, 0) is 36.5 Å². The number of aryl methyl sites for hydroxylation is 1. The molecule has 2 nitrogen and oxygen atoms in total. The van der Waals surface area contributed by atoms with Gasteiger partial charge in [-0.1, -0.05) is 67.9 Å². The van der Waals surface area contributed by atoms with Crippen molar-refractivity contribution in [1.29, 1.82) is 0 Å². The number of piperazine rings is 1. The molecule has 2 aromatic rings. The topological polar surface area (TPSA) is 6.48 Å². The average Bonchev–Trinajstić information content (AvgIpc) is 3.51. The molecule has 4 rings (SSSR count). The van der Waals surface area contributed by atoms with Gasteiger partial charge in [0.25, 0.3) is 0 Å². The summed E-state index contributed by atoms with van der Waals surface area (Å²) in [5.41, 5.74) is 5.36. The van der Waals surface area contributed by atoms with Crippen molar-refractivity contribution in [3.63, 3.8) is 0 Å². The predicted octanol–water partition coefficient (Wildman–Crippen LogP) is 4.97. The van der Waals surface area contributed by atoms with Crippen LogP contribution >= 0.6 is 0 Å². The first-order valence-corrected chi connectivity index (χ1v) is 9.90. The number of rotatable bonds is 4. The van der Waals surface area contributed by atoms with Crippen LogP contribution in [0.25, 0.3) is 11.1 Å². The van der Waals surface area contributed by atoms with Gasteiger partial charge < -0.3 is 0 Å². The number of hydrogen-bond acceptors (Lipinski definition) is 2. The summed E-state index contributed by atoms with van der Waals surface area (Å²) in [6.07, 6.45) is 2.86. The summed E-state index contributed by atoms with van der Waals surface area (Å²) in [5, 5.41) is 0. The molecule has 0 spiro atoms. The zero-order chi connectivity index (χ0) is 17.6. The third kappa shape index (κ3) is 4.93. The molecule has 0 aromatic heterocycles. The highest BCUT2D eigenvalue weighted by molar-refractivity contribution is 5.63. The second kappa shape index (κ2) is 8.64. The summed E-state index contributed by atoms with van der Waals surface area (Å²) in [4.78, 5) is 5.27. The van der Waals surface area contributed by atoms with E-state index in [0.29, 0.717) is 0 Å². The van der Waals surface area contributed by atoms with Crippen LogP contribution in [0.1, 0.15) is 37.8 Å². The highest BCUT2D eigenvalue weighted by Crippen LogP contribution is 2.27. The van der Waals surface area contributed by atoms with Crippen molar-refractivity contribution < 1.29 is 0 Å². The Hall–Kier alpha value is -1.64. The molecule has 2 fully saturated rings. The molecule has 1 saturated carbocycles. The van der Waals surface area contributed by atoms with Crippen LogP contribution in [0.15, 0.2) is 48.5 Å². The van der Waals surface area contributed by atoms with E-state index in [1.807, 2.05) is 13.8 Å². The Morgan fingerprint density at radius 3 is 1.80 bits per heavy atom. The van der Waals surface area contributed by atoms with Crippen molar-refractivity contribution in [3.8, 4) is 11.1 Å². The van der Waals surface area contributed by atoms with Gasteiger partial charge in [0.2, 0.25) is 0 Å². The Kier molecular flexibility index (Phi) is 6.28. The van der Waals surface area contributed by atoms with E-state index in [1.165, 1.54) is 61.3 Å². The smallest absolute Gasteiger partial charge is 0.0234 e. The van der Waals surface area contributed by atoms with Gasteiger partial charge in [0.1, 0.15) is 0 Å². The second-order valence-electron chi connectivity index (χ2n) is 7.11. The van der Waals surface area contributed by atoms with Crippen molar-refractivity contribution in [2.75, 3.05) is 26.2 Å². The van der Waals surface area contributed by atoms with Gasteiger partial charge in [-0.3, -0.25) is 9.80 Å². The molecule has 134 valence electrons. The van der Waals surface area contributed by atoms with E-state index in [1.54, 1.807) is 0 Å². The van der Waals surface area contributed by atoms with E-state index in [4.69, 9.17) is 0 Å². The largest absolute Gasteiger partial charge is 0.298 e. The molecular formula is C23H32N2. The van der Waals surface area contributed by atoms with Crippen LogP contribution in [-0.2, 0) is 6.54 Å². The molecule has 0 radical (unpaired) electrons. The van der Waals surface area contributed by atoms with Crippen LogP contribution < -0.4 is 0 Å². The predicted molar refractivity (Wildman–Crippen MR) is 108 cm³/mol.